The molecule has 15 rings (SSSR count). The van der Waals surface area contributed by atoms with Gasteiger partial charge in [-0.25, -0.2) is 4.98 Å². The van der Waals surface area contributed by atoms with Crippen LogP contribution in [0.2, 0.25) is 0 Å². The number of nitrogens with zero attached hydrogens (tertiary/aromatic N) is 5. The molecule has 0 atom stereocenters. The van der Waals surface area contributed by atoms with Crippen LogP contribution in [-0.4, -0.2) is 23.3 Å². The molecule has 0 aliphatic heterocycles. The zero-order valence-electron chi connectivity index (χ0n) is 37.9. The van der Waals surface area contributed by atoms with Crippen LogP contribution in [-0.2, 0) is 0 Å². The number of para-hydroxylation sites is 8. The third-order valence-corrected chi connectivity index (χ3v) is 14.5. The highest BCUT2D eigenvalue weighted by atomic mass is 15.0. The molecule has 70 heavy (non-hydrogen) atoms. The molecule has 5 heteroatoms. The molecule has 5 aromatic heterocycles. The van der Waals surface area contributed by atoms with Crippen LogP contribution in [0.25, 0.3) is 132 Å². The van der Waals surface area contributed by atoms with E-state index in [1.165, 1.54) is 65.2 Å². The van der Waals surface area contributed by atoms with Gasteiger partial charge in [0, 0.05) is 77.0 Å². The standard InChI is InChI=1S/C65H41N5/c1-5-22-42(23-6-1)67-56-36-17-13-30-46(56)50-40-52(64-60(62(50)67)48-32-15-19-38-58(48)69(64)44-26-9-3-10-27-44)54-34-21-35-55(66-54)53-41-51-47-31-14-18-37-57(47)68(43-24-7-2-8-25-43)63(51)61-49-33-16-20-39-59(49)70(65(53)61)45-28-11-4-12-29-45/h1-41H. The second-order valence-corrected chi connectivity index (χ2v) is 18.2. The summed E-state index contributed by atoms with van der Waals surface area (Å²) in [5.41, 5.74) is 17.6. The summed E-state index contributed by atoms with van der Waals surface area (Å²) < 4.78 is 9.83. The minimum Gasteiger partial charge on any atom is -0.309 e. The first-order valence-corrected chi connectivity index (χ1v) is 24.0. The van der Waals surface area contributed by atoms with Crippen LogP contribution in [0.5, 0.6) is 0 Å². The number of fused-ring (bicyclic) bond motifs is 14. The van der Waals surface area contributed by atoms with E-state index in [-0.39, 0.29) is 0 Å². The van der Waals surface area contributed by atoms with Crippen LogP contribution >= 0.6 is 0 Å². The Balaban J connectivity index is 1.11. The van der Waals surface area contributed by atoms with E-state index in [4.69, 9.17) is 4.98 Å². The topological polar surface area (TPSA) is 32.6 Å². The Kier molecular flexibility index (Phi) is 8.29. The Labute approximate surface area is 402 Å². The van der Waals surface area contributed by atoms with Crippen molar-refractivity contribution in [3.05, 3.63) is 249 Å². The summed E-state index contributed by atoms with van der Waals surface area (Å²) in [5, 5.41) is 9.55. The number of hydrogen-bond donors (Lipinski definition) is 0. The molecule has 0 bridgehead atoms. The highest BCUT2D eigenvalue weighted by molar-refractivity contribution is 6.31. The summed E-state index contributed by atoms with van der Waals surface area (Å²) in [4.78, 5) is 5.89. The van der Waals surface area contributed by atoms with E-state index in [2.05, 4.69) is 267 Å². The summed E-state index contributed by atoms with van der Waals surface area (Å²) in [6.45, 7) is 0. The highest BCUT2D eigenvalue weighted by Crippen LogP contribution is 2.49. The zero-order valence-corrected chi connectivity index (χ0v) is 37.9. The molecule has 0 fully saturated rings. The number of hydrogen-bond acceptors (Lipinski definition) is 1. The summed E-state index contributed by atoms with van der Waals surface area (Å²) >= 11 is 0. The Morgan fingerprint density at radius 2 is 0.514 bits per heavy atom. The lowest BCUT2D eigenvalue weighted by Crippen LogP contribution is -1.99. The van der Waals surface area contributed by atoms with E-state index in [0.717, 1.165) is 67.3 Å². The van der Waals surface area contributed by atoms with E-state index in [1.807, 2.05) is 0 Å². The van der Waals surface area contributed by atoms with Gasteiger partial charge >= 0.3 is 0 Å². The third kappa shape index (κ3) is 5.45. The van der Waals surface area contributed by atoms with Gasteiger partial charge < -0.3 is 18.3 Å². The molecule has 5 heterocycles. The molecule has 0 saturated carbocycles. The smallest absolute Gasteiger partial charge is 0.0731 e. The normalized spacial score (nSPS) is 12.0. The van der Waals surface area contributed by atoms with Crippen LogP contribution in [0, 0.1) is 0 Å². The first-order chi connectivity index (χ1) is 34.8. The molecule has 0 amide bonds. The molecule has 15 aromatic rings. The monoisotopic (exact) mass is 891 g/mol. The lowest BCUT2D eigenvalue weighted by molar-refractivity contribution is 1.17. The molecule has 0 spiro atoms. The van der Waals surface area contributed by atoms with Crippen molar-refractivity contribution in [2.45, 2.75) is 0 Å². The van der Waals surface area contributed by atoms with E-state index in [9.17, 15) is 0 Å². The lowest BCUT2D eigenvalue weighted by atomic mass is 9.98. The van der Waals surface area contributed by atoms with Gasteiger partial charge in [0.2, 0.25) is 0 Å². The maximum atomic E-state index is 5.89. The SMILES string of the molecule is c1ccc(-n2c3ccccc3c3c2c(-c2cccc(-c4cc5c6ccccc6n(-c6ccccc6)c5c5c6ccccc6n(-c6ccccc6)c45)n2)cc2c4ccccc4n(-c4ccccc4)c23)cc1. The van der Waals surface area contributed by atoms with Crippen molar-refractivity contribution in [3.8, 4) is 45.3 Å². The quantitative estimate of drug-likeness (QED) is 0.164. The predicted molar refractivity (Wildman–Crippen MR) is 292 cm³/mol. The minimum atomic E-state index is 0.906. The maximum absolute atomic E-state index is 5.89. The van der Waals surface area contributed by atoms with E-state index >= 15 is 0 Å². The average molecular weight is 892 g/mol. The van der Waals surface area contributed by atoms with Crippen molar-refractivity contribution in [2.75, 3.05) is 0 Å². The molecule has 5 nitrogen and oxygen atoms in total. The summed E-state index contributed by atoms with van der Waals surface area (Å²) in [6.07, 6.45) is 0. The van der Waals surface area contributed by atoms with Gasteiger partial charge in [-0.2, -0.15) is 0 Å². The van der Waals surface area contributed by atoms with E-state index in [1.54, 1.807) is 0 Å². The molecule has 326 valence electrons. The second-order valence-electron chi connectivity index (χ2n) is 18.2. The second kappa shape index (κ2) is 15.0. The van der Waals surface area contributed by atoms with Crippen LogP contribution in [0.3, 0.4) is 0 Å². The first kappa shape index (κ1) is 38.6. The van der Waals surface area contributed by atoms with Crippen molar-refractivity contribution in [3.63, 3.8) is 0 Å². The largest absolute Gasteiger partial charge is 0.309 e. The number of pyridine rings is 1. The first-order valence-electron chi connectivity index (χ1n) is 24.0. The van der Waals surface area contributed by atoms with Crippen molar-refractivity contribution < 1.29 is 0 Å². The van der Waals surface area contributed by atoms with Gasteiger partial charge in [-0.3, -0.25) is 0 Å². The maximum Gasteiger partial charge on any atom is 0.0731 e. The molecule has 0 saturated heterocycles. The minimum absolute atomic E-state index is 0.906. The fourth-order valence-corrected chi connectivity index (χ4v) is 11.7. The Morgan fingerprint density at radius 1 is 0.229 bits per heavy atom. The van der Waals surface area contributed by atoms with E-state index < -0.39 is 0 Å². The van der Waals surface area contributed by atoms with Crippen molar-refractivity contribution in [2.24, 2.45) is 0 Å². The fourth-order valence-electron chi connectivity index (χ4n) is 11.7. The van der Waals surface area contributed by atoms with Crippen LogP contribution in [0.15, 0.2) is 249 Å². The molecular formula is C65H41N5. The lowest BCUT2D eigenvalue weighted by Gasteiger charge is -2.16. The Bertz CT molecular complexity index is 4270. The van der Waals surface area contributed by atoms with Gasteiger partial charge in [-0.05, 0) is 97.1 Å². The van der Waals surface area contributed by atoms with Gasteiger partial charge in [-0.15, -0.1) is 0 Å². The van der Waals surface area contributed by atoms with Crippen molar-refractivity contribution >= 4 is 87.2 Å². The molecule has 0 radical (unpaired) electrons. The molecule has 0 aliphatic rings. The Hall–Kier alpha value is -9.45. The predicted octanol–water partition coefficient (Wildman–Crippen LogP) is 16.8. The Morgan fingerprint density at radius 3 is 0.871 bits per heavy atom. The summed E-state index contributed by atoms with van der Waals surface area (Å²) in [6, 6.07) is 90.1. The van der Waals surface area contributed by atoms with Crippen molar-refractivity contribution in [1.82, 2.24) is 23.3 Å². The van der Waals surface area contributed by atoms with Gasteiger partial charge in [-0.1, -0.05) is 152 Å². The third-order valence-electron chi connectivity index (χ3n) is 14.5. The molecule has 0 unspecified atom stereocenters. The van der Waals surface area contributed by atoms with Gasteiger partial charge in [0.1, 0.15) is 0 Å². The van der Waals surface area contributed by atoms with Crippen LogP contribution < -0.4 is 0 Å². The average Bonchev–Trinajstić information content (AvgIpc) is 4.17. The summed E-state index contributed by atoms with van der Waals surface area (Å²) in [5.74, 6) is 0. The van der Waals surface area contributed by atoms with Gasteiger partial charge in [0.25, 0.3) is 0 Å². The number of aromatic nitrogens is 5. The van der Waals surface area contributed by atoms with Gasteiger partial charge in [0.05, 0.1) is 55.5 Å². The van der Waals surface area contributed by atoms with Crippen LogP contribution in [0.4, 0.5) is 0 Å². The number of rotatable bonds is 6. The van der Waals surface area contributed by atoms with Crippen LogP contribution in [0.1, 0.15) is 0 Å². The number of benzene rings is 10. The molecule has 0 aliphatic carbocycles. The highest BCUT2D eigenvalue weighted by Gasteiger charge is 2.27. The van der Waals surface area contributed by atoms with E-state index in [0.29, 0.717) is 0 Å². The summed E-state index contributed by atoms with van der Waals surface area (Å²) in [7, 11) is 0. The molecule has 10 aromatic carbocycles. The molecule has 0 N–H and O–H groups in total. The van der Waals surface area contributed by atoms with Crippen molar-refractivity contribution in [1.29, 1.82) is 0 Å². The fraction of sp³-hybridized carbons (Fsp3) is 0. The molecular weight excluding hydrogens is 851 g/mol. The zero-order chi connectivity index (χ0) is 45.9. The van der Waals surface area contributed by atoms with Gasteiger partial charge in [0.15, 0.2) is 0 Å².